The standard InChI is InChI=1S/C11H13F3N2O3/c1-4-19-10(2,3)9-15-5-6(8(17)18)7(16-9)11(12,13)14/h5H,4H2,1-3H3,(H,17,18). The summed E-state index contributed by atoms with van der Waals surface area (Å²) >= 11 is 0. The molecule has 1 rings (SSSR count). The number of nitrogens with zero attached hydrogens (tertiary/aromatic N) is 2. The van der Waals surface area contributed by atoms with Crippen LogP contribution in [0, 0.1) is 0 Å². The van der Waals surface area contributed by atoms with Gasteiger partial charge in [0.25, 0.3) is 0 Å². The molecule has 0 saturated carbocycles. The molecule has 5 nitrogen and oxygen atoms in total. The quantitative estimate of drug-likeness (QED) is 0.915. The van der Waals surface area contributed by atoms with Crippen molar-refractivity contribution in [2.75, 3.05) is 6.61 Å². The van der Waals surface area contributed by atoms with Crippen molar-refractivity contribution < 1.29 is 27.8 Å². The molecule has 0 saturated heterocycles. The van der Waals surface area contributed by atoms with Crippen LogP contribution >= 0.6 is 0 Å². The van der Waals surface area contributed by atoms with Crippen molar-refractivity contribution in [2.45, 2.75) is 32.5 Å². The van der Waals surface area contributed by atoms with E-state index in [1.165, 1.54) is 13.8 Å². The summed E-state index contributed by atoms with van der Waals surface area (Å²) in [4.78, 5) is 17.7. The molecule has 19 heavy (non-hydrogen) atoms. The van der Waals surface area contributed by atoms with E-state index in [1.807, 2.05) is 0 Å². The van der Waals surface area contributed by atoms with Gasteiger partial charge in [-0.1, -0.05) is 0 Å². The minimum absolute atomic E-state index is 0.216. The lowest BCUT2D eigenvalue weighted by atomic mass is 10.1. The Labute approximate surface area is 107 Å². The SMILES string of the molecule is CCOC(C)(C)c1ncc(C(=O)O)c(C(F)(F)F)n1. The highest BCUT2D eigenvalue weighted by molar-refractivity contribution is 5.88. The maximum atomic E-state index is 12.8. The molecule has 8 heteroatoms. The van der Waals surface area contributed by atoms with Gasteiger partial charge in [-0.3, -0.25) is 0 Å². The first-order chi connectivity index (χ1) is 8.59. The minimum Gasteiger partial charge on any atom is -0.478 e. The second-order valence-electron chi connectivity index (χ2n) is 4.20. The van der Waals surface area contributed by atoms with Crippen molar-refractivity contribution in [3.63, 3.8) is 0 Å². The van der Waals surface area contributed by atoms with Gasteiger partial charge in [-0.15, -0.1) is 0 Å². The maximum Gasteiger partial charge on any atom is 0.434 e. The lowest BCUT2D eigenvalue weighted by Gasteiger charge is -2.23. The molecular formula is C11H13F3N2O3. The molecule has 0 radical (unpaired) electrons. The fourth-order valence-electron chi connectivity index (χ4n) is 1.47. The average molecular weight is 278 g/mol. The minimum atomic E-state index is -4.87. The van der Waals surface area contributed by atoms with Gasteiger partial charge in [0.1, 0.15) is 11.2 Å². The van der Waals surface area contributed by atoms with Gasteiger partial charge >= 0.3 is 12.1 Å². The van der Waals surface area contributed by atoms with E-state index in [0.29, 0.717) is 6.20 Å². The third-order valence-electron chi connectivity index (χ3n) is 2.33. The van der Waals surface area contributed by atoms with E-state index in [9.17, 15) is 18.0 Å². The first kappa shape index (κ1) is 15.4. The van der Waals surface area contributed by atoms with Gasteiger partial charge in [0.05, 0.1) is 0 Å². The third kappa shape index (κ3) is 3.40. The fraction of sp³-hybridized carbons (Fsp3) is 0.545. The van der Waals surface area contributed by atoms with Crippen LogP contribution in [0.5, 0.6) is 0 Å². The molecule has 106 valence electrons. The Morgan fingerprint density at radius 2 is 2.00 bits per heavy atom. The molecular weight excluding hydrogens is 265 g/mol. The summed E-state index contributed by atoms with van der Waals surface area (Å²) in [7, 11) is 0. The van der Waals surface area contributed by atoms with Crippen LogP contribution in [-0.4, -0.2) is 27.7 Å². The Morgan fingerprint density at radius 1 is 1.42 bits per heavy atom. The number of rotatable bonds is 4. The molecule has 0 amide bonds. The van der Waals surface area contributed by atoms with Crippen LogP contribution in [-0.2, 0) is 16.5 Å². The Hall–Kier alpha value is -1.70. The molecule has 0 bridgehead atoms. The summed E-state index contributed by atoms with van der Waals surface area (Å²) in [6.45, 7) is 4.95. The molecule has 1 aromatic rings. The Balaban J connectivity index is 3.38. The Kier molecular flexibility index (Phi) is 4.14. The summed E-state index contributed by atoms with van der Waals surface area (Å²) in [6, 6.07) is 0. The number of halogens is 3. The predicted octanol–water partition coefficient (Wildman–Crippen LogP) is 2.47. The highest BCUT2D eigenvalue weighted by Crippen LogP contribution is 2.32. The lowest BCUT2D eigenvalue weighted by molar-refractivity contribution is -0.142. The van der Waals surface area contributed by atoms with E-state index in [-0.39, 0.29) is 12.4 Å². The summed E-state index contributed by atoms with van der Waals surface area (Å²) in [6.07, 6.45) is -4.22. The molecule has 0 aliphatic heterocycles. The second-order valence-corrected chi connectivity index (χ2v) is 4.20. The monoisotopic (exact) mass is 278 g/mol. The van der Waals surface area contributed by atoms with Gasteiger partial charge < -0.3 is 9.84 Å². The van der Waals surface area contributed by atoms with Crippen molar-refractivity contribution in [3.05, 3.63) is 23.3 Å². The predicted molar refractivity (Wildman–Crippen MR) is 58.6 cm³/mol. The van der Waals surface area contributed by atoms with Crippen molar-refractivity contribution in [2.24, 2.45) is 0 Å². The largest absolute Gasteiger partial charge is 0.478 e. The Morgan fingerprint density at radius 3 is 2.42 bits per heavy atom. The summed E-state index contributed by atoms with van der Waals surface area (Å²) in [5, 5.41) is 8.71. The van der Waals surface area contributed by atoms with Crippen molar-refractivity contribution in [3.8, 4) is 0 Å². The fourth-order valence-corrected chi connectivity index (χ4v) is 1.47. The van der Waals surface area contributed by atoms with Crippen LogP contribution < -0.4 is 0 Å². The zero-order valence-corrected chi connectivity index (χ0v) is 10.6. The first-order valence-electron chi connectivity index (χ1n) is 5.41. The average Bonchev–Trinajstić information content (AvgIpc) is 2.26. The number of carbonyl (C=O) groups is 1. The van der Waals surface area contributed by atoms with E-state index in [0.717, 1.165) is 0 Å². The number of aromatic carboxylic acids is 1. The van der Waals surface area contributed by atoms with Gasteiger partial charge in [-0.25, -0.2) is 14.8 Å². The number of carboxylic acids is 1. The zero-order valence-electron chi connectivity index (χ0n) is 10.6. The van der Waals surface area contributed by atoms with Gasteiger partial charge in [0, 0.05) is 12.8 Å². The van der Waals surface area contributed by atoms with Crippen LogP contribution in [0.3, 0.4) is 0 Å². The molecule has 0 aromatic carbocycles. The third-order valence-corrected chi connectivity index (χ3v) is 2.33. The van der Waals surface area contributed by atoms with Crippen molar-refractivity contribution in [1.82, 2.24) is 9.97 Å². The molecule has 1 heterocycles. The summed E-state index contributed by atoms with van der Waals surface area (Å²) in [5.41, 5.74) is -3.59. The number of hydrogen-bond acceptors (Lipinski definition) is 4. The second kappa shape index (κ2) is 5.12. The number of alkyl halides is 3. The van der Waals surface area contributed by atoms with Crippen molar-refractivity contribution in [1.29, 1.82) is 0 Å². The van der Waals surface area contributed by atoms with Gasteiger partial charge in [0.15, 0.2) is 11.5 Å². The topological polar surface area (TPSA) is 72.3 Å². The number of carboxylic acid groups (broad SMARTS) is 1. The van der Waals surface area contributed by atoms with Crippen LogP contribution in [0.25, 0.3) is 0 Å². The van der Waals surface area contributed by atoms with Gasteiger partial charge in [0.2, 0.25) is 0 Å². The number of hydrogen-bond donors (Lipinski definition) is 1. The summed E-state index contributed by atoms with van der Waals surface area (Å²) < 4.78 is 43.5. The molecule has 0 spiro atoms. The smallest absolute Gasteiger partial charge is 0.434 e. The van der Waals surface area contributed by atoms with E-state index >= 15 is 0 Å². The maximum absolute atomic E-state index is 12.8. The van der Waals surface area contributed by atoms with Gasteiger partial charge in [-0.2, -0.15) is 13.2 Å². The van der Waals surface area contributed by atoms with E-state index in [1.54, 1.807) is 6.92 Å². The molecule has 0 fully saturated rings. The summed E-state index contributed by atoms with van der Waals surface area (Å²) in [5.74, 6) is -1.94. The van der Waals surface area contributed by atoms with Gasteiger partial charge in [-0.05, 0) is 20.8 Å². The van der Waals surface area contributed by atoms with E-state index < -0.39 is 29.0 Å². The van der Waals surface area contributed by atoms with Crippen LogP contribution in [0.4, 0.5) is 13.2 Å². The molecule has 0 aliphatic carbocycles. The normalized spacial score (nSPS) is 12.5. The molecule has 1 aromatic heterocycles. The molecule has 0 atom stereocenters. The number of aromatic nitrogens is 2. The van der Waals surface area contributed by atoms with Crippen LogP contribution in [0.2, 0.25) is 0 Å². The molecule has 0 aliphatic rings. The Bertz CT molecular complexity index is 487. The van der Waals surface area contributed by atoms with E-state index in [2.05, 4.69) is 9.97 Å². The van der Waals surface area contributed by atoms with Crippen molar-refractivity contribution >= 4 is 5.97 Å². The van der Waals surface area contributed by atoms with Crippen LogP contribution in [0.15, 0.2) is 6.20 Å². The lowest BCUT2D eigenvalue weighted by Crippen LogP contribution is -2.27. The zero-order chi connectivity index (χ0) is 14.8. The molecule has 1 N–H and O–H groups in total. The van der Waals surface area contributed by atoms with E-state index in [4.69, 9.17) is 9.84 Å². The number of ether oxygens (including phenoxy) is 1. The highest BCUT2D eigenvalue weighted by atomic mass is 19.4. The van der Waals surface area contributed by atoms with Crippen LogP contribution in [0.1, 0.15) is 42.6 Å². The molecule has 0 unspecified atom stereocenters. The first-order valence-corrected chi connectivity index (χ1v) is 5.41. The highest BCUT2D eigenvalue weighted by Gasteiger charge is 2.39.